The van der Waals surface area contributed by atoms with Crippen LogP contribution in [0.25, 0.3) is 0 Å². The first-order valence-corrected chi connectivity index (χ1v) is 8.87. The van der Waals surface area contributed by atoms with Gasteiger partial charge in [0.05, 0.1) is 4.11 Å². The van der Waals surface area contributed by atoms with Crippen LogP contribution in [0.15, 0.2) is 60.2 Å². The Bertz CT molecular complexity index is 1130. The van der Waals surface area contributed by atoms with Gasteiger partial charge in [-0.15, -0.1) is 0 Å². The standard InChI is InChI=1S/C17H13ClFNO5S/c18-11-6-7-12(13(19)8-11)15-14(21)16(17(20)24-15)25-26(22,23)9-10-4-2-1-3-5-10/h1-8,15H,9,20H2/t15-/m1/s1/i9D2,15D. The Morgan fingerprint density at radius 2 is 2.00 bits per heavy atom. The fourth-order valence-corrected chi connectivity index (χ4v) is 3.13. The lowest BCUT2D eigenvalue weighted by Gasteiger charge is -2.11. The highest BCUT2D eigenvalue weighted by Crippen LogP contribution is 2.34. The smallest absolute Gasteiger partial charge is 0.313 e. The second-order valence-corrected chi connectivity index (χ2v) is 6.80. The Morgan fingerprint density at radius 1 is 1.31 bits per heavy atom. The summed E-state index contributed by atoms with van der Waals surface area (Å²) in [6.07, 6.45) is -2.76. The van der Waals surface area contributed by atoms with Crippen LogP contribution < -0.4 is 5.73 Å². The molecular weight excluding hydrogens is 385 g/mol. The average Bonchev–Trinajstić information content (AvgIpc) is 2.85. The third-order valence-corrected chi connectivity index (χ3v) is 4.34. The molecule has 0 saturated carbocycles. The van der Waals surface area contributed by atoms with Gasteiger partial charge in [-0.25, -0.2) is 4.39 Å². The summed E-state index contributed by atoms with van der Waals surface area (Å²) in [5, 5.41) is -0.00339. The van der Waals surface area contributed by atoms with Gasteiger partial charge in [0.25, 0.3) is 0 Å². The van der Waals surface area contributed by atoms with Crippen molar-refractivity contribution >= 4 is 27.5 Å². The van der Waals surface area contributed by atoms with Crippen LogP contribution in [0, 0.1) is 5.82 Å². The number of hydrogen-bond donors (Lipinski definition) is 1. The van der Waals surface area contributed by atoms with Crippen LogP contribution in [0.2, 0.25) is 5.02 Å². The van der Waals surface area contributed by atoms with Crippen molar-refractivity contribution in [3.05, 3.63) is 82.1 Å². The highest BCUT2D eigenvalue weighted by molar-refractivity contribution is 7.86. The third kappa shape index (κ3) is 3.81. The summed E-state index contributed by atoms with van der Waals surface area (Å²) < 4.78 is 72.8. The molecule has 3 rings (SSSR count). The van der Waals surface area contributed by atoms with Gasteiger partial charge < -0.3 is 14.7 Å². The molecule has 0 aliphatic carbocycles. The van der Waals surface area contributed by atoms with Crippen molar-refractivity contribution < 1.29 is 30.6 Å². The lowest BCUT2D eigenvalue weighted by Crippen LogP contribution is -2.16. The van der Waals surface area contributed by atoms with Gasteiger partial charge >= 0.3 is 10.1 Å². The van der Waals surface area contributed by atoms with Gasteiger partial charge in [-0.05, 0) is 17.7 Å². The highest BCUT2D eigenvalue weighted by Gasteiger charge is 2.40. The first kappa shape index (κ1) is 14.6. The molecule has 2 aromatic carbocycles. The Labute approximate surface area is 158 Å². The molecule has 1 aliphatic rings. The van der Waals surface area contributed by atoms with Crippen molar-refractivity contribution in [2.24, 2.45) is 5.73 Å². The molecule has 2 aromatic rings. The Balaban J connectivity index is 1.96. The van der Waals surface area contributed by atoms with E-state index in [9.17, 15) is 17.6 Å². The summed E-state index contributed by atoms with van der Waals surface area (Å²) >= 11 is 5.65. The molecule has 1 atom stereocenters. The molecule has 0 amide bonds. The van der Waals surface area contributed by atoms with E-state index in [1.807, 2.05) is 0 Å². The number of halogens is 2. The predicted molar refractivity (Wildman–Crippen MR) is 91.6 cm³/mol. The Morgan fingerprint density at radius 3 is 2.65 bits per heavy atom. The molecule has 0 unspecified atom stereocenters. The fourth-order valence-electron chi connectivity index (χ4n) is 2.13. The zero-order chi connectivity index (χ0) is 21.6. The van der Waals surface area contributed by atoms with E-state index in [1.165, 1.54) is 30.3 Å². The molecule has 0 bridgehead atoms. The number of nitrogens with two attached hydrogens (primary N) is 1. The highest BCUT2D eigenvalue weighted by atomic mass is 35.5. The van der Waals surface area contributed by atoms with Crippen LogP contribution in [-0.2, 0) is 29.5 Å². The molecule has 2 N–H and O–H groups in total. The van der Waals surface area contributed by atoms with E-state index < -0.39 is 50.7 Å². The van der Waals surface area contributed by atoms with Gasteiger partial charge in [0, 0.05) is 10.6 Å². The molecule has 9 heteroatoms. The maximum atomic E-state index is 14.2. The molecule has 0 spiro atoms. The molecule has 136 valence electrons. The molecule has 1 heterocycles. The molecule has 26 heavy (non-hydrogen) atoms. The van der Waals surface area contributed by atoms with Crippen molar-refractivity contribution in [2.75, 3.05) is 0 Å². The monoisotopic (exact) mass is 400 g/mol. The fraction of sp³-hybridized carbons (Fsp3) is 0.118. The second-order valence-electron chi connectivity index (χ2n) is 5.08. The maximum absolute atomic E-state index is 14.2. The average molecular weight is 401 g/mol. The van der Waals surface area contributed by atoms with Crippen LogP contribution in [0.3, 0.4) is 0 Å². The SMILES string of the molecule is [2H]C([2H])(c1ccccc1)S(=O)(=O)OC1=C(N)O[C@]([2H])(c2ccc(Cl)cc2F)C1=O. The minimum absolute atomic E-state index is 0.00339. The number of rotatable bonds is 5. The second kappa shape index (κ2) is 6.97. The van der Waals surface area contributed by atoms with Crippen molar-refractivity contribution in [3.63, 3.8) is 0 Å². The number of carbonyl (C=O) groups excluding carboxylic acids is 1. The molecule has 0 fully saturated rings. The van der Waals surface area contributed by atoms with Crippen molar-refractivity contribution in [1.29, 1.82) is 0 Å². The van der Waals surface area contributed by atoms with Gasteiger partial charge in [0.15, 0.2) is 6.08 Å². The number of benzene rings is 2. The molecule has 0 radical (unpaired) electrons. The van der Waals surface area contributed by atoms with E-state index in [2.05, 4.69) is 4.18 Å². The number of Topliss-reactive ketones (excluding diaryl/α,β-unsaturated/α-hetero) is 1. The quantitative estimate of drug-likeness (QED) is 0.775. The van der Waals surface area contributed by atoms with Gasteiger partial charge in [0.2, 0.25) is 17.4 Å². The van der Waals surface area contributed by atoms with Crippen molar-refractivity contribution in [2.45, 2.75) is 11.8 Å². The minimum Gasteiger partial charge on any atom is -0.460 e. The normalized spacial score (nSPS) is 22.4. The predicted octanol–water partition coefficient (Wildman–Crippen LogP) is 2.79. The molecule has 0 saturated heterocycles. The van der Waals surface area contributed by atoms with E-state index in [1.54, 1.807) is 6.07 Å². The van der Waals surface area contributed by atoms with E-state index in [4.69, 9.17) is 26.2 Å². The van der Waals surface area contributed by atoms with Gasteiger partial charge in [-0.2, -0.15) is 8.42 Å². The molecule has 6 nitrogen and oxygen atoms in total. The summed E-state index contributed by atoms with van der Waals surface area (Å²) in [5.74, 6) is -4.48. The van der Waals surface area contributed by atoms with E-state index in [0.717, 1.165) is 12.1 Å². The largest absolute Gasteiger partial charge is 0.460 e. The van der Waals surface area contributed by atoms with E-state index in [-0.39, 0.29) is 10.6 Å². The summed E-state index contributed by atoms with van der Waals surface area (Å²) in [5.41, 5.74) is 1.62. The number of hydrogen-bond acceptors (Lipinski definition) is 6. The van der Waals surface area contributed by atoms with Crippen molar-refractivity contribution in [1.82, 2.24) is 0 Å². The third-order valence-electron chi connectivity index (χ3n) is 3.23. The zero-order valence-corrected chi connectivity index (χ0v) is 14.5. The minimum atomic E-state index is -5.11. The van der Waals surface area contributed by atoms with Crippen LogP contribution in [-0.4, -0.2) is 14.2 Å². The topological polar surface area (TPSA) is 95.7 Å². The van der Waals surface area contributed by atoms with E-state index >= 15 is 0 Å². The summed E-state index contributed by atoms with van der Waals surface area (Å²) in [6, 6.07) is 9.85. The van der Waals surface area contributed by atoms with Crippen LogP contribution in [0.5, 0.6) is 0 Å². The lowest BCUT2D eigenvalue weighted by molar-refractivity contribution is -0.123. The van der Waals surface area contributed by atoms with Crippen molar-refractivity contribution in [3.8, 4) is 0 Å². The van der Waals surface area contributed by atoms with Gasteiger partial charge in [-0.3, -0.25) is 4.79 Å². The van der Waals surface area contributed by atoms with Crippen LogP contribution in [0.1, 0.15) is 21.3 Å². The summed E-state index contributed by atoms with van der Waals surface area (Å²) in [7, 11) is -5.11. The number of carbonyl (C=O) groups is 1. The van der Waals surface area contributed by atoms with Crippen LogP contribution >= 0.6 is 11.6 Å². The maximum Gasteiger partial charge on any atom is 0.313 e. The molecule has 1 aliphatic heterocycles. The zero-order valence-electron chi connectivity index (χ0n) is 15.9. The molecule has 0 aromatic heterocycles. The van der Waals surface area contributed by atoms with Gasteiger partial charge in [-0.1, -0.05) is 48.0 Å². The van der Waals surface area contributed by atoms with Gasteiger partial charge in [0.1, 0.15) is 11.5 Å². The van der Waals surface area contributed by atoms with Crippen LogP contribution in [0.4, 0.5) is 4.39 Å². The summed E-state index contributed by atoms with van der Waals surface area (Å²) in [6.45, 7) is 0. The first-order chi connectivity index (χ1) is 13.4. The number of ether oxygens (including phenoxy) is 1. The number of ketones is 1. The Hall–Kier alpha value is -2.58. The Kier molecular flexibility index (Phi) is 3.91. The lowest BCUT2D eigenvalue weighted by atomic mass is 10.1. The summed E-state index contributed by atoms with van der Waals surface area (Å²) in [4.78, 5) is 12.7. The van der Waals surface area contributed by atoms with E-state index in [0.29, 0.717) is 0 Å². The molecular formula is C17H13ClFNO5S. The first-order valence-electron chi connectivity index (χ1n) is 8.59.